The standard InChI is InChI=1S/C12H15Cl2NO/c1-12(2)7-15-6-10(16-12)8-4-3-5-9(13)11(8)14/h3-5,10,15H,6-7H2,1-2H3. The van der Waals surface area contributed by atoms with E-state index in [2.05, 4.69) is 19.2 Å². The Kier molecular flexibility index (Phi) is 3.45. The minimum Gasteiger partial charge on any atom is -0.365 e. The van der Waals surface area contributed by atoms with Crippen LogP contribution in [0.1, 0.15) is 25.5 Å². The van der Waals surface area contributed by atoms with Gasteiger partial charge in [-0.2, -0.15) is 0 Å². The molecule has 1 N–H and O–H groups in total. The molecule has 1 aliphatic rings. The van der Waals surface area contributed by atoms with Crippen LogP contribution in [-0.2, 0) is 4.74 Å². The normalized spacial score (nSPS) is 24.4. The van der Waals surface area contributed by atoms with Gasteiger partial charge in [0.15, 0.2) is 0 Å². The van der Waals surface area contributed by atoms with Gasteiger partial charge in [0, 0.05) is 18.7 Å². The summed E-state index contributed by atoms with van der Waals surface area (Å²) in [6.07, 6.45) is -0.0325. The highest BCUT2D eigenvalue weighted by Gasteiger charge is 2.30. The average Bonchev–Trinajstić information content (AvgIpc) is 2.20. The third kappa shape index (κ3) is 2.51. The Labute approximate surface area is 106 Å². The summed E-state index contributed by atoms with van der Waals surface area (Å²) in [6, 6.07) is 5.64. The zero-order chi connectivity index (χ0) is 11.8. The molecule has 1 saturated heterocycles. The monoisotopic (exact) mass is 259 g/mol. The number of morpholine rings is 1. The fourth-order valence-electron chi connectivity index (χ4n) is 1.92. The van der Waals surface area contributed by atoms with E-state index in [1.807, 2.05) is 12.1 Å². The van der Waals surface area contributed by atoms with Gasteiger partial charge in [0.2, 0.25) is 0 Å². The molecule has 1 unspecified atom stereocenters. The molecule has 0 bridgehead atoms. The van der Waals surface area contributed by atoms with Gasteiger partial charge in [0.25, 0.3) is 0 Å². The highest BCUT2D eigenvalue weighted by molar-refractivity contribution is 6.42. The van der Waals surface area contributed by atoms with E-state index < -0.39 is 0 Å². The zero-order valence-corrected chi connectivity index (χ0v) is 10.9. The van der Waals surface area contributed by atoms with Crippen molar-refractivity contribution >= 4 is 23.2 Å². The highest BCUT2D eigenvalue weighted by Crippen LogP contribution is 2.34. The molecular weight excluding hydrogens is 245 g/mol. The largest absolute Gasteiger partial charge is 0.365 e. The number of nitrogens with one attached hydrogen (secondary N) is 1. The van der Waals surface area contributed by atoms with Crippen LogP contribution in [0.5, 0.6) is 0 Å². The molecule has 1 aliphatic heterocycles. The first-order valence-corrected chi connectivity index (χ1v) is 6.08. The van der Waals surface area contributed by atoms with Crippen molar-refractivity contribution in [1.29, 1.82) is 0 Å². The Hall–Kier alpha value is -0.280. The molecule has 0 spiro atoms. The van der Waals surface area contributed by atoms with Gasteiger partial charge in [-0.3, -0.25) is 0 Å². The fourth-order valence-corrected chi connectivity index (χ4v) is 2.34. The minimum atomic E-state index is -0.172. The summed E-state index contributed by atoms with van der Waals surface area (Å²) >= 11 is 12.2. The number of hydrogen-bond donors (Lipinski definition) is 1. The Morgan fingerprint density at radius 1 is 1.38 bits per heavy atom. The Morgan fingerprint density at radius 2 is 2.12 bits per heavy atom. The topological polar surface area (TPSA) is 21.3 Å². The number of ether oxygens (including phenoxy) is 1. The maximum atomic E-state index is 6.18. The molecule has 0 amide bonds. The van der Waals surface area contributed by atoms with E-state index in [-0.39, 0.29) is 11.7 Å². The summed E-state index contributed by atoms with van der Waals surface area (Å²) in [5, 5.41) is 4.51. The lowest BCUT2D eigenvalue weighted by molar-refractivity contribution is -0.0958. The second kappa shape index (κ2) is 4.53. The van der Waals surface area contributed by atoms with E-state index in [0.29, 0.717) is 10.0 Å². The Balaban J connectivity index is 2.27. The lowest BCUT2D eigenvalue weighted by atomic mass is 10.0. The third-order valence-corrected chi connectivity index (χ3v) is 3.50. The molecule has 1 aromatic carbocycles. The fraction of sp³-hybridized carbons (Fsp3) is 0.500. The SMILES string of the molecule is CC1(C)CNCC(c2cccc(Cl)c2Cl)O1. The van der Waals surface area contributed by atoms with Crippen molar-refractivity contribution in [3.05, 3.63) is 33.8 Å². The molecule has 1 atom stereocenters. The maximum absolute atomic E-state index is 6.18. The molecule has 1 aromatic rings. The molecule has 88 valence electrons. The van der Waals surface area contributed by atoms with Crippen molar-refractivity contribution in [2.45, 2.75) is 25.6 Å². The molecule has 4 heteroatoms. The predicted octanol–water partition coefficient (Wildman–Crippen LogP) is 3.43. The molecule has 0 radical (unpaired) electrons. The van der Waals surface area contributed by atoms with Crippen molar-refractivity contribution < 1.29 is 4.74 Å². The van der Waals surface area contributed by atoms with E-state index in [0.717, 1.165) is 18.7 Å². The summed E-state index contributed by atoms with van der Waals surface area (Å²) in [4.78, 5) is 0. The molecular formula is C12H15Cl2NO. The summed E-state index contributed by atoms with van der Waals surface area (Å²) in [6.45, 7) is 5.74. The number of benzene rings is 1. The summed E-state index contributed by atoms with van der Waals surface area (Å²) in [7, 11) is 0. The van der Waals surface area contributed by atoms with Gasteiger partial charge >= 0.3 is 0 Å². The summed E-state index contributed by atoms with van der Waals surface area (Å²) < 4.78 is 5.99. The van der Waals surface area contributed by atoms with E-state index in [4.69, 9.17) is 27.9 Å². The van der Waals surface area contributed by atoms with Crippen LogP contribution in [0.3, 0.4) is 0 Å². The lowest BCUT2D eigenvalue weighted by Crippen LogP contribution is -2.46. The first kappa shape index (κ1) is 12.2. The quantitative estimate of drug-likeness (QED) is 0.835. The number of rotatable bonds is 1. The molecule has 0 aromatic heterocycles. The molecule has 2 nitrogen and oxygen atoms in total. The van der Waals surface area contributed by atoms with Crippen molar-refractivity contribution in [2.24, 2.45) is 0 Å². The van der Waals surface area contributed by atoms with Gasteiger partial charge in [-0.1, -0.05) is 35.3 Å². The first-order valence-electron chi connectivity index (χ1n) is 5.32. The minimum absolute atomic E-state index is 0.0325. The van der Waals surface area contributed by atoms with Gasteiger partial charge in [-0.05, 0) is 19.9 Å². The Morgan fingerprint density at radius 3 is 2.81 bits per heavy atom. The van der Waals surface area contributed by atoms with Gasteiger partial charge in [-0.25, -0.2) is 0 Å². The second-order valence-electron chi connectivity index (χ2n) is 4.64. The van der Waals surface area contributed by atoms with Crippen LogP contribution in [-0.4, -0.2) is 18.7 Å². The smallest absolute Gasteiger partial charge is 0.0972 e. The average molecular weight is 260 g/mol. The number of hydrogen-bond acceptors (Lipinski definition) is 2. The number of halogens is 2. The molecule has 0 aliphatic carbocycles. The second-order valence-corrected chi connectivity index (χ2v) is 5.43. The molecule has 16 heavy (non-hydrogen) atoms. The molecule has 0 saturated carbocycles. The van der Waals surface area contributed by atoms with Crippen LogP contribution in [0.25, 0.3) is 0 Å². The Bertz CT molecular complexity index is 393. The van der Waals surface area contributed by atoms with Crippen molar-refractivity contribution in [3.8, 4) is 0 Å². The first-order chi connectivity index (χ1) is 7.49. The maximum Gasteiger partial charge on any atom is 0.0972 e. The van der Waals surface area contributed by atoms with Gasteiger partial charge in [0.1, 0.15) is 0 Å². The van der Waals surface area contributed by atoms with E-state index in [9.17, 15) is 0 Å². The van der Waals surface area contributed by atoms with Crippen LogP contribution in [0, 0.1) is 0 Å². The van der Waals surface area contributed by atoms with Gasteiger partial charge in [-0.15, -0.1) is 0 Å². The zero-order valence-electron chi connectivity index (χ0n) is 9.39. The van der Waals surface area contributed by atoms with Crippen LogP contribution < -0.4 is 5.32 Å². The lowest BCUT2D eigenvalue weighted by Gasteiger charge is -2.37. The van der Waals surface area contributed by atoms with E-state index >= 15 is 0 Å². The van der Waals surface area contributed by atoms with Crippen LogP contribution in [0.2, 0.25) is 10.0 Å². The van der Waals surface area contributed by atoms with Gasteiger partial charge in [0.05, 0.1) is 21.8 Å². The van der Waals surface area contributed by atoms with Crippen molar-refractivity contribution in [3.63, 3.8) is 0 Å². The van der Waals surface area contributed by atoms with E-state index in [1.165, 1.54) is 0 Å². The van der Waals surface area contributed by atoms with Gasteiger partial charge < -0.3 is 10.1 Å². The van der Waals surface area contributed by atoms with Crippen LogP contribution in [0.15, 0.2) is 18.2 Å². The van der Waals surface area contributed by atoms with E-state index in [1.54, 1.807) is 6.07 Å². The molecule has 1 fully saturated rings. The van der Waals surface area contributed by atoms with Crippen molar-refractivity contribution in [2.75, 3.05) is 13.1 Å². The van der Waals surface area contributed by atoms with Crippen molar-refractivity contribution in [1.82, 2.24) is 5.32 Å². The molecule has 2 rings (SSSR count). The third-order valence-electron chi connectivity index (χ3n) is 2.67. The highest BCUT2D eigenvalue weighted by atomic mass is 35.5. The van der Waals surface area contributed by atoms with Crippen LogP contribution >= 0.6 is 23.2 Å². The summed E-state index contributed by atoms with van der Waals surface area (Å²) in [5.41, 5.74) is 0.781. The molecule has 1 heterocycles. The summed E-state index contributed by atoms with van der Waals surface area (Å²) in [5.74, 6) is 0. The predicted molar refractivity (Wildman–Crippen MR) is 67.2 cm³/mol. The van der Waals surface area contributed by atoms with Crippen LogP contribution in [0.4, 0.5) is 0 Å².